The lowest BCUT2D eigenvalue weighted by Crippen LogP contribution is -2.33. The Hall–Kier alpha value is -2.02. The molecule has 0 saturated heterocycles. The number of para-hydroxylation sites is 1. The van der Waals surface area contributed by atoms with Gasteiger partial charge >= 0.3 is 0 Å². The molecule has 7 heteroatoms. The Bertz CT molecular complexity index is 618. The van der Waals surface area contributed by atoms with E-state index in [9.17, 15) is 4.79 Å². The summed E-state index contributed by atoms with van der Waals surface area (Å²) in [5.74, 6) is 1.75. The number of thioether (sulfide) groups is 1. The second-order valence-electron chi connectivity index (χ2n) is 5.09. The van der Waals surface area contributed by atoms with Gasteiger partial charge in [0.1, 0.15) is 10.8 Å². The predicted octanol–water partition coefficient (Wildman–Crippen LogP) is 1.65. The highest BCUT2D eigenvalue weighted by Crippen LogP contribution is 2.26. The molecule has 0 aliphatic carbocycles. The van der Waals surface area contributed by atoms with Gasteiger partial charge in [-0.15, -0.1) is 16.9 Å². The van der Waals surface area contributed by atoms with E-state index < -0.39 is 0 Å². The van der Waals surface area contributed by atoms with Crippen LogP contribution in [0.15, 0.2) is 35.5 Å². The van der Waals surface area contributed by atoms with Crippen molar-refractivity contribution in [3.8, 4) is 5.75 Å². The van der Waals surface area contributed by atoms with E-state index in [1.54, 1.807) is 18.0 Å². The second-order valence-corrected chi connectivity index (χ2v) is 6.21. The molecule has 3 rings (SSSR count). The molecule has 0 fully saturated rings. The van der Waals surface area contributed by atoms with Crippen LogP contribution in [-0.2, 0) is 11.2 Å². The first kappa shape index (κ1) is 14.9. The number of aromatic amines is 1. The Balaban J connectivity index is 1.48. The fraction of sp³-hybridized carbons (Fsp3) is 0.400. The zero-order chi connectivity index (χ0) is 15.2. The van der Waals surface area contributed by atoms with Crippen LogP contribution < -0.4 is 10.1 Å². The first-order valence-electron chi connectivity index (χ1n) is 7.30. The molecular formula is C15H18N4O2S. The topological polar surface area (TPSA) is 79.9 Å². The Morgan fingerprint density at radius 2 is 2.36 bits per heavy atom. The molecule has 2 heterocycles. The summed E-state index contributed by atoms with van der Waals surface area (Å²) in [5.41, 5.74) is 1.11. The lowest BCUT2D eigenvalue weighted by Gasteiger charge is -2.13. The van der Waals surface area contributed by atoms with Gasteiger partial charge in [0.05, 0.1) is 12.8 Å². The zero-order valence-electron chi connectivity index (χ0n) is 12.1. The molecule has 1 aromatic heterocycles. The van der Waals surface area contributed by atoms with Crippen molar-refractivity contribution in [2.24, 2.45) is 5.92 Å². The number of rotatable bonds is 5. The third-order valence-electron chi connectivity index (χ3n) is 3.58. The van der Waals surface area contributed by atoms with Crippen LogP contribution >= 0.6 is 11.8 Å². The van der Waals surface area contributed by atoms with Gasteiger partial charge in [0.25, 0.3) is 0 Å². The monoisotopic (exact) mass is 318 g/mol. The average Bonchev–Trinajstić information content (AvgIpc) is 2.95. The number of hydrogen-bond acceptors (Lipinski definition) is 5. The van der Waals surface area contributed by atoms with Crippen LogP contribution in [0.25, 0.3) is 0 Å². The number of carbonyl (C=O) groups excluding carboxylic acids is 1. The van der Waals surface area contributed by atoms with Crippen LogP contribution in [-0.4, -0.2) is 40.2 Å². The number of H-pyrrole nitrogens is 1. The quantitative estimate of drug-likeness (QED) is 0.647. The molecular weight excluding hydrogens is 300 g/mol. The lowest BCUT2D eigenvalue weighted by atomic mass is 9.96. The number of benzene rings is 1. The molecule has 1 atom stereocenters. The van der Waals surface area contributed by atoms with Crippen molar-refractivity contribution in [2.45, 2.75) is 17.9 Å². The van der Waals surface area contributed by atoms with E-state index in [1.807, 2.05) is 24.3 Å². The van der Waals surface area contributed by atoms with Crippen molar-refractivity contribution < 1.29 is 9.53 Å². The third-order valence-corrected chi connectivity index (χ3v) is 4.48. The molecule has 1 aliphatic heterocycles. The van der Waals surface area contributed by atoms with E-state index in [1.165, 1.54) is 0 Å². The number of fused-ring (bicyclic) bond motifs is 1. The van der Waals surface area contributed by atoms with E-state index in [0.29, 0.717) is 13.2 Å². The summed E-state index contributed by atoms with van der Waals surface area (Å²) in [5, 5.41) is 14.1. The first-order valence-corrected chi connectivity index (χ1v) is 8.28. The largest absolute Gasteiger partial charge is 0.493 e. The first-order chi connectivity index (χ1) is 10.8. The van der Waals surface area contributed by atoms with E-state index >= 15 is 0 Å². The average molecular weight is 318 g/mol. The molecule has 116 valence electrons. The number of nitrogens with zero attached hydrogens (tertiary/aromatic N) is 2. The van der Waals surface area contributed by atoms with Crippen molar-refractivity contribution >= 4 is 17.7 Å². The molecule has 0 radical (unpaired) electrons. The summed E-state index contributed by atoms with van der Waals surface area (Å²) in [7, 11) is 0. The van der Waals surface area contributed by atoms with Gasteiger partial charge in [-0.1, -0.05) is 18.2 Å². The highest BCUT2D eigenvalue weighted by Gasteiger charge is 2.23. The van der Waals surface area contributed by atoms with Crippen molar-refractivity contribution in [3.05, 3.63) is 36.0 Å². The molecule has 1 amide bonds. The minimum absolute atomic E-state index is 0.0271. The normalized spacial score (nSPS) is 17.2. The molecule has 1 aliphatic rings. The summed E-state index contributed by atoms with van der Waals surface area (Å²) in [6, 6.07) is 7.93. The molecule has 1 aromatic carbocycles. The van der Waals surface area contributed by atoms with Crippen LogP contribution in [0, 0.1) is 5.92 Å². The van der Waals surface area contributed by atoms with Gasteiger partial charge in [0.2, 0.25) is 5.91 Å². The number of amides is 1. The molecule has 0 spiro atoms. The van der Waals surface area contributed by atoms with Crippen LogP contribution in [0.5, 0.6) is 5.75 Å². The van der Waals surface area contributed by atoms with Gasteiger partial charge in [-0.3, -0.25) is 4.79 Å². The fourth-order valence-electron chi connectivity index (χ4n) is 2.45. The Morgan fingerprint density at radius 1 is 1.45 bits per heavy atom. The highest BCUT2D eigenvalue weighted by atomic mass is 32.2. The zero-order valence-corrected chi connectivity index (χ0v) is 12.9. The SMILES string of the molecule is O=C(NCCSc1cn[nH]n1)[C@@H]1CCOc2ccccc2C1. The number of carbonyl (C=O) groups is 1. The van der Waals surface area contributed by atoms with Crippen LogP contribution in [0.3, 0.4) is 0 Å². The minimum atomic E-state index is -0.0271. The highest BCUT2D eigenvalue weighted by molar-refractivity contribution is 7.99. The second kappa shape index (κ2) is 7.31. The lowest BCUT2D eigenvalue weighted by molar-refractivity contribution is -0.125. The maximum atomic E-state index is 12.3. The number of aromatic nitrogens is 3. The predicted molar refractivity (Wildman–Crippen MR) is 83.9 cm³/mol. The van der Waals surface area contributed by atoms with E-state index in [4.69, 9.17) is 4.74 Å². The van der Waals surface area contributed by atoms with E-state index in [-0.39, 0.29) is 11.8 Å². The van der Waals surface area contributed by atoms with Crippen LogP contribution in [0.4, 0.5) is 0 Å². The van der Waals surface area contributed by atoms with Gasteiger partial charge in [0, 0.05) is 18.2 Å². The molecule has 0 unspecified atom stereocenters. The smallest absolute Gasteiger partial charge is 0.223 e. The molecule has 6 nitrogen and oxygen atoms in total. The summed E-state index contributed by atoms with van der Waals surface area (Å²) in [6.45, 7) is 1.21. The van der Waals surface area contributed by atoms with E-state index in [0.717, 1.165) is 34.9 Å². The maximum Gasteiger partial charge on any atom is 0.223 e. The van der Waals surface area contributed by atoms with E-state index in [2.05, 4.69) is 20.7 Å². The van der Waals surface area contributed by atoms with Gasteiger partial charge in [-0.2, -0.15) is 10.3 Å². The summed E-state index contributed by atoms with van der Waals surface area (Å²) in [4.78, 5) is 12.3. The van der Waals surface area contributed by atoms with Crippen molar-refractivity contribution in [1.82, 2.24) is 20.7 Å². The molecule has 22 heavy (non-hydrogen) atoms. The number of ether oxygens (including phenoxy) is 1. The standard InChI is InChI=1S/C15H18N4O2S/c20-15(16-6-8-22-14-10-17-19-18-14)12-5-7-21-13-4-2-1-3-11(13)9-12/h1-4,10,12H,5-9H2,(H,16,20)(H,17,18,19)/t12-/m1/s1. The maximum absolute atomic E-state index is 12.3. The Labute approximate surface area is 133 Å². The summed E-state index contributed by atoms with van der Waals surface area (Å²) < 4.78 is 5.70. The molecule has 2 aromatic rings. The summed E-state index contributed by atoms with van der Waals surface area (Å²) >= 11 is 1.56. The Morgan fingerprint density at radius 3 is 3.23 bits per heavy atom. The van der Waals surface area contributed by atoms with Gasteiger partial charge in [-0.25, -0.2) is 0 Å². The molecule has 2 N–H and O–H groups in total. The van der Waals surface area contributed by atoms with Crippen molar-refractivity contribution in [2.75, 3.05) is 18.9 Å². The number of nitrogens with one attached hydrogen (secondary N) is 2. The fourth-order valence-corrected chi connectivity index (χ4v) is 3.10. The molecule has 0 bridgehead atoms. The minimum Gasteiger partial charge on any atom is -0.493 e. The van der Waals surface area contributed by atoms with Crippen LogP contribution in [0.2, 0.25) is 0 Å². The van der Waals surface area contributed by atoms with Crippen molar-refractivity contribution in [3.63, 3.8) is 0 Å². The van der Waals surface area contributed by atoms with Gasteiger partial charge in [0.15, 0.2) is 0 Å². The van der Waals surface area contributed by atoms with Crippen LogP contribution in [0.1, 0.15) is 12.0 Å². The Kier molecular flexibility index (Phi) is 4.95. The third kappa shape index (κ3) is 3.79. The number of hydrogen-bond donors (Lipinski definition) is 2. The van der Waals surface area contributed by atoms with Gasteiger partial charge < -0.3 is 10.1 Å². The molecule has 0 saturated carbocycles. The van der Waals surface area contributed by atoms with Crippen molar-refractivity contribution in [1.29, 1.82) is 0 Å². The van der Waals surface area contributed by atoms with Gasteiger partial charge in [-0.05, 0) is 24.5 Å². The summed E-state index contributed by atoms with van der Waals surface area (Å²) in [6.07, 6.45) is 3.15.